The maximum Gasteiger partial charge on any atom is 0.185 e. The van der Waals surface area contributed by atoms with E-state index in [1.165, 1.54) is 0 Å². The molecule has 0 bridgehead atoms. The molecule has 1 aliphatic heterocycles. The molecule has 20 heavy (non-hydrogen) atoms. The van der Waals surface area contributed by atoms with Crippen molar-refractivity contribution < 1.29 is 9.47 Å². The Bertz CT molecular complexity index is 471. The highest BCUT2D eigenvalue weighted by atomic mass is 16.7. The van der Waals surface area contributed by atoms with Gasteiger partial charge in [-0.1, -0.05) is 36.4 Å². The van der Waals surface area contributed by atoms with Crippen LogP contribution in [0.3, 0.4) is 0 Å². The van der Waals surface area contributed by atoms with Crippen LogP contribution in [-0.4, -0.2) is 37.0 Å². The first-order chi connectivity index (χ1) is 9.61. The second kappa shape index (κ2) is 6.68. The van der Waals surface area contributed by atoms with Crippen molar-refractivity contribution in [1.29, 1.82) is 0 Å². The van der Waals surface area contributed by atoms with Crippen LogP contribution >= 0.6 is 0 Å². The fraction of sp³-hybridized carbons (Fsp3) is 0.438. The minimum absolute atomic E-state index is 0.0821. The van der Waals surface area contributed by atoms with Crippen molar-refractivity contribution in [2.45, 2.75) is 31.8 Å². The highest BCUT2D eigenvalue weighted by molar-refractivity contribution is 5.93. The fourth-order valence-electron chi connectivity index (χ4n) is 2.24. The molecular weight excluding hydrogens is 252 g/mol. The number of hydrazone groups is 1. The first-order valence-corrected chi connectivity index (χ1v) is 6.84. The quantitative estimate of drug-likeness (QED) is 0.625. The van der Waals surface area contributed by atoms with Gasteiger partial charge < -0.3 is 14.5 Å². The number of ether oxygens (including phenoxy) is 2. The van der Waals surface area contributed by atoms with E-state index >= 15 is 0 Å². The summed E-state index contributed by atoms with van der Waals surface area (Å²) < 4.78 is 12.0. The van der Waals surface area contributed by atoms with Crippen LogP contribution < -0.4 is 0 Å². The van der Waals surface area contributed by atoms with Crippen LogP contribution in [-0.2, 0) is 9.47 Å². The van der Waals surface area contributed by atoms with Crippen molar-refractivity contribution in [2.75, 3.05) is 14.1 Å². The van der Waals surface area contributed by atoms with Gasteiger partial charge in [0, 0.05) is 19.7 Å². The molecule has 3 atom stereocenters. The molecule has 1 aliphatic rings. The van der Waals surface area contributed by atoms with Gasteiger partial charge in [0.1, 0.15) is 12.2 Å². The van der Waals surface area contributed by atoms with Gasteiger partial charge in [0.15, 0.2) is 6.29 Å². The summed E-state index contributed by atoms with van der Waals surface area (Å²) in [5, 5.41) is 6.27. The Morgan fingerprint density at radius 1 is 1.25 bits per heavy atom. The summed E-state index contributed by atoms with van der Waals surface area (Å²) in [7, 11) is 3.79. The second-order valence-electron chi connectivity index (χ2n) is 5.04. The zero-order valence-electron chi connectivity index (χ0n) is 12.3. The van der Waals surface area contributed by atoms with E-state index in [0.717, 1.165) is 17.7 Å². The van der Waals surface area contributed by atoms with Crippen molar-refractivity contribution in [3.8, 4) is 0 Å². The first kappa shape index (κ1) is 14.8. The number of rotatable bonds is 4. The summed E-state index contributed by atoms with van der Waals surface area (Å²) >= 11 is 0. The van der Waals surface area contributed by atoms with E-state index in [1.54, 1.807) is 5.01 Å². The zero-order chi connectivity index (χ0) is 14.5. The molecule has 0 radical (unpaired) electrons. The van der Waals surface area contributed by atoms with Gasteiger partial charge in [-0.05, 0) is 13.3 Å². The molecule has 0 saturated carbocycles. The van der Waals surface area contributed by atoms with Crippen LogP contribution in [0.25, 0.3) is 0 Å². The molecule has 108 valence electrons. The summed E-state index contributed by atoms with van der Waals surface area (Å²) in [5.41, 5.74) is 1.93. The lowest BCUT2D eigenvalue weighted by Gasteiger charge is -2.35. The lowest BCUT2D eigenvalue weighted by Crippen LogP contribution is -2.43. The van der Waals surface area contributed by atoms with Gasteiger partial charge >= 0.3 is 0 Å². The Labute approximate surface area is 120 Å². The molecule has 1 fully saturated rings. The van der Waals surface area contributed by atoms with Gasteiger partial charge in [-0.25, -0.2) is 0 Å². The molecule has 1 saturated heterocycles. The smallest absolute Gasteiger partial charge is 0.185 e. The van der Waals surface area contributed by atoms with Crippen molar-refractivity contribution in [3.05, 3.63) is 48.6 Å². The molecular formula is C16H22N2O2. The van der Waals surface area contributed by atoms with E-state index in [2.05, 4.69) is 11.7 Å². The van der Waals surface area contributed by atoms with Crippen LogP contribution in [0.2, 0.25) is 0 Å². The van der Waals surface area contributed by atoms with E-state index < -0.39 is 0 Å². The molecule has 1 aromatic carbocycles. The summed E-state index contributed by atoms with van der Waals surface area (Å²) in [5.74, 6) is 0. The lowest BCUT2D eigenvalue weighted by molar-refractivity contribution is -0.193. The number of hydrogen-bond acceptors (Lipinski definition) is 4. The fourth-order valence-corrected chi connectivity index (χ4v) is 2.24. The highest BCUT2D eigenvalue weighted by Crippen LogP contribution is 2.30. The maximum absolute atomic E-state index is 6.05. The van der Waals surface area contributed by atoms with E-state index in [9.17, 15) is 0 Å². The van der Waals surface area contributed by atoms with Gasteiger partial charge in [0.25, 0.3) is 0 Å². The SMILES string of the molecule is C=CC[C@@H]1O[C@@H](c2ccccc2)O[C@H](C)/C1=N\N(C)C. The molecule has 1 aromatic rings. The average molecular weight is 274 g/mol. The van der Waals surface area contributed by atoms with Gasteiger partial charge in [0.2, 0.25) is 0 Å². The summed E-state index contributed by atoms with van der Waals surface area (Å²) in [6.45, 7) is 5.81. The average Bonchev–Trinajstić information content (AvgIpc) is 2.43. The Hall–Kier alpha value is -1.65. The van der Waals surface area contributed by atoms with Gasteiger partial charge in [-0.3, -0.25) is 0 Å². The molecule has 0 spiro atoms. The van der Waals surface area contributed by atoms with Crippen LogP contribution in [0.5, 0.6) is 0 Å². The molecule has 0 aromatic heterocycles. The summed E-state index contributed by atoms with van der Waals surface area (Å²) in [4.78, 5) is 0. The van der Waals surface area contributed by atoms with Gasteiger partial charge in [-0.2, -0.15) is 5.10 Å². The van der Waals surface area contributed by atoms with Crippen molar-refractivity contribution in [2.24, 2.45) is 5.10 Å². The highest BCUT2D eigenvalue weighted by Gasteiger charge is 2.34. The molecule has 0 aliphatic carbocycles. The number of hydrogen-bond donors (Lipinski definition) is 0. The monoisotopic (exact) mass is 274 g/mol. The third-order valence-corrected chi connectivity index (χ3v) is 3.13. The minimum Gasteiger partial charge on any atom is -0.339 e. The Kier molecular flexibility index (Phi) is 4.93. The maximum atomic E-state index is 6.05. The van der Waals surface area contributed by atoms with Crippen LogP contribution in [0.15, 0.2) is 48.1 Å². The van der Waals surface area contributed by atoms with Crippen LogP contribution in [0.4, 0.5) is 0 Å². The number of benzene rings is 1. The largest absolute Gasteiger partial charge is 0.339 e. The third kappa shape index (κ3) is 3.46. The third-order valence-electron chi connectivity index (χ3n) is 3.13. The molecule has 4 heteroatoms. The first-order valence-electron chi connectivity index (χ1n) is 6.84. The lowest BCUT2D eigenvalue weighted by atomic mass is 10.0. The van der Waals surface area contributed by atoms with E-state index in [-0.39, 0.29) is 18.5 Å². The number of nitrogens with zero attached hydrogens (tertiary/aromatic N) is 2. The van der Waals surface area contributed by atoms with E-state index in [0.29, 0.717) is 0 Å². The standard InChI is InChI=1S/C16H22N2O2/c1-5-9-14-15(17-18(3)4)12(2)19-16(20-14)13-10-7-6-8-11-13/h5-8,10-12,14,16H,1,9H2,2-4H3/b17-15+/t12-,14+,16+/m1/s1. The van der Waals surface area contributed by atoms with Crippen LogP contribution in [0, 0.1) is 0 Å². The van der Waals surface area contributed by atoms with E-state index in [4.69, 9.17) is 9.47 Å². The Morgan fingerprint density at radius 2 is 1.95 bits per heavy atom. The Morgan fingerprint density at radius 3 is 2.55 bits per heavy atom. The van der Waals surface area contributed by atoms with Crippen molar-refractivity contribution >= 4 is 5.71 Å². The summed E-state index contributed by atoms with van der Waals surface area (Å²) in [6.07, 6.45) is 2.06. The zero-order valence-corrected chi connectivity index (χ0v) is 12.3. The van der Waals surface area contributed by atoms with Gasteiger partial charge in [-0.15, -0.1) is 6.58 Å². The topological polar surface area (TPSA) is 34.1 Å². The van der Waals surface area contributed by atoms with Gasteiger partial charge in [0.05, 0.1) is 5.71 Å². The van der Waals surface area contributed by atoms with Crippen LogP contribution in [0.1, 0.15) is 25.2 Å². The molecule has 0 N–H and O–H groups in total. The summed E-state index contributed by atoms with van der Waals surface area (Å²) in [6, 6.07) is 9.97. The molecule has 0 amide bonds. The molecule has 1 heterocycles. The minimum atomic E-state index is -0.350. The molecule has 2 rings (SSSR count). The van der Waals surface area contributed by atoms with Crippen molar-refractivity contribution in [1.82, 2.24) is 5.01 Å². The normalized spacial score (nSPS) is 28.4. The molecule has 4 nitrogen and oxygen atoms in total. The Balaban J connectivity index is 2.22. The van der Waals surface area contributed by atoms with E-state index in [1.807, 2.05) is 57.4 Å². The molecule has 0 unspecified atom stereocenters. The predicted molar refractivity (Wildman–Crippen MR) is 80.5 cm³/mol. The van der Waals surface area contributed by atoms with Crippen molar-refractivity contribution in [3.63, 3.8) is 0 Å². The second-order valence-corrected chi connectivity index (χ2v) is 5.04. The predicted octanol–water partition coefficient (Wildman–Crippen LogP) is 2.98.